The van der Waals surface area contributed by atoms with Crippen molar-refractivity contribution in [3.63, 3.8) is 0 Å². The summed E-state index contributed by atoms with van der Waals surface area (Å²) < 4.78 is 0. The fourth-order valence-electron chi connectivity index (χ4n) is 6.42. The van der Waals surface area contributed by atoms with E-state index in [2.05, 4.69) is 83.8 Å². The van der Waals surface area contributed by atoms with Crippen molar-refractivity contribution < 1.29 is 0 Å². The van der Waals surface area contributed by atoms with Crippen LogP contribution in [0, 0.1) is 0 Å². The maximum absolute atomic E-state index is 5.26. The third kappa shape index (κ3) is 4.86. The van der Waals surface area contributed by atoms with E-state index in [9.17, 15) is 0 Å². The van der Waals surface area contributed by atoms with Gasteiger partial charge in [-0.3, -0.25) is 4.98 Å². The molecule has 9 rings (SSSR count). The third-order valence-electron chi connectivity index (χ3n) is 8.73. The molecule has 5 aromatic carbocycles. The maximum Gasteiger partial charge on any atom is 0.160 e. The van der Waals surface area contributed by atoms with Crippen molar-refractivity contribution in [2.45, 2.75) is 0 Å². The molecule has 0 fully saturated rings. The molecule has 0 amide bonds. The highest BCUT2D eigenvalue weighted by Crippen LogP contribution is 2.40. The fourth-order valence-corrected chi connectivity index (χ4v) is 6.42. The van der Waals surface area contributed by atoms with Crippen molar-refractivity contribution in [2.75, 3.05) is 0 Å². The second-order valence-corrected chi connectivity index (χ2v) is 11.7. The molecular formula is C43H27N5. The number of nitrogens with zero attached hydrogens (tertiary/aromatic N) is 5. The topological polar surface area (TPSA) is 64.5 Å². The molecule has 0 saturated heterocycles. The molecule has 224 valence electrons. The van der Waals surface area contributed by atoms with Gasteiger partial charge in [0.15, 0.2) is 5.82 Å². The van der Waals surface area contributed by atoms with Gasteiger partial charge in [0, 0.05) is 44.6 Å². The molecule has 0 unspecified atom stereocenters. The van der Waals surface area contributed by atoms with Gasteiger partial charge in [-0.15, -0.1) is 0 Å². The first-order valence-corrected chi connectivity index (χ1v) is 15.9. The van der Waals surface area contributed by atoms with Crippen LogP contribution >= 0.6 is 0 Å². The van der Waals surface area contributed by atoms with Crippen LogP contribution in [-0.4, -0.2) is 24.9 Å². The Morgan fingerprint density at radius 1 is 0.354 bits per heavy atom. The van der Waals surface area contributed by atoms with Crippen LogP contribution in [0.25, 0.3) is 89.1 Å². The van der Waals surface area contributed by atoms with Gasteiger partial charge < -0.3 is 0 Å². The minimum atomic E-state index is 0.684. The van der Waals surface area contributed by atoms with Crippen LogP contribution in [-0.2, 0) is 0 Å². The predicted octanol–water partition coefficient (Wildman–Crippen LogP) is 10.5. The van der Waals surface area contributed by atoms with E-state index in [4.69, 9.17) is 19.9 Å². The normalized spacial score (nSPS) is 11.3. The minimum Gasteiger partial charge on any atom is -0.255 e. The summed E-state index contributed by atoms with van der Waals surface area (Å²) in [5.41, 5.74) is 11.1. The van der Waals surface area contributed by atoms with E-state index in [0.29, 0.717) is 5.82 Å². The van der Waals surface area contributed by atoms with Crippen LogP contribution < -0.4 is 0 Å². The first kappa shape index (κ1) is 27.7. The summed E-state index contributed by atoms with van der Waals surface area (Å²) in [5, 5.41) is 2.98. The summed E-state index contributed by atoms with van der Waals surface area (Å²) in [4.78, 5) is 25.4. The zero-order valence-corrected chi connectivity index (χ0v) is 25.8. The lowest BCUT2D eigenvalue weighted by molar-refractivity contribution is 1.23. The van der Waals surface area contributed by atoms with Gasteiger partial charge in [0.2, 0.25) is 0 Å². The van der Waals surface area contributed by atoms with Gasteiger partial charge in [0.1, 0.15) is 0 Å². The molecular weight excluding hydrogens is 587 g/mol. The number of benzene rings is 5. The lowest BCUT2D eigenvalue weighted by atomic mass is 9.94. The highest BCUT2D eigenvalue weighted by atomic mass is 14.9. The average molecular weight is 614 g/mol. The Kier molecular flexibility index (Phi) is 6.72. The van der Waals surface area contributed by atoms with Gasteiger partial charge in [-0.1, -0.05) is 121 Å². The van der Waals surface area contributed by atoms with Gasteiger partial charge in [0.05, 0.1) is 39.3 Å². The summed E-state index contributed by atoms with van der Waals surface area (Å²) in [6, 6.07) is 53.7. The van der Waals surface area contributed by atoms with E-state index < -0.39 is 0 Å². The van der Waals surface area contributed by atoms with Gasteiger partial charge in [0.25, 0.3) is 0 Å². The van der Waals surface area contributed by atoms with Crippen molar-refractivity contribution in [3.8, 4) is 56.4 Å². The average Bonchev–Trinajstić information content (AvgIpc) is 3.18. The molecule has 0 N–H and O–H groups in total. The van der Waals surface area contributed by atoms with Gasteiger partial charge in [-0.25, -0.2) is 19.9 Å². The largest absolute Gasteiger partial charge is 0.255 e. The molecule has 0 atom stereocenters. The van der Waals surface area contributed by atoms with Crippen LogP contribution in [0.15, 0.2) is 164 Å². The molecule has 0 saturated carbocycles. The molecule has 4 heterocycles. The summed E-state index contributed by atoms with van der Waals surface area (Å²) in [6.45, 7) is 0. The highest BCUT2D eigenvalue weighted by Gasteiger charge is 2.19. The van der Waals surface area contributed by atoms with E-state index >= 15 is 0 Å². The smallest absolute Gasteiger partial charge is 0.160 e. The molecule has 4 aromatic heterocycles. The standard InChI is InChI=1S/C43H27N5/c1-4-13-28(14-5-1)36-24-22-31-27-35(33-23-25-38(37-21-10-11-26-44-37)46-42(33)40(31)45-36)32-19-12-20-34-39(29-15-6-2-7-16-29)47-43(48-41(32)34)30-17-8-3-9-18-30/h1-27H. The summed E-state index contributed by atoms with van der Waals surface area (Å²) in [5.74, 6) is 0.684. The number of fused-ring (bicyclic) bond motifs is 4. The SMILES string of the molecule is c1ccc(-c2ccc3cc(-c4cccc5c(-c6ccccc6)nc(-c6ccccc6)nc45)c4ccc(-c5ccccn5)nc4c3n2)cc1. The molecule has 0 aliphatic heterocycles. The number of pyridine rings is 3. The molecule has 0 aliphatic rings. The predicted molar refractivity (Wildman–Crippen MR) is 195 cm³/mol. The molecule has 5 heteroatoms. The Morgan fingerprint density at radius 3 is 1.79 bits per heavy atom. The first-order valence-electron chi connectivity index (χ1n) is 15.9. The third-order valence-corrected chi connectivity index (χ3v) is 8.73. The molecule has 9 aromatic rings. The van der Waals surface area contributed by atoms with E-state index in [1.165, 1.54) is 0 Å². The summed E-state index contributed by atoms with van der Waals surface area (Å²) in [6.07, 6.45) is 1.80. The van der Waals surface area contributed by atoms with E-state index in [1.54, 1.807) is 6.20 Å². The van der Waals surface area contributed by atoms with Crippen molar-refractivity contribution in [1.29, 1.82) is 0 Å². The Hall–Kier alpha value is -6.59. The second-order valence-electron chi connectivity index (χ2n) is 11.7. The van der Waals surface area contributed by atoms with Gasteiger partial charge in [-0.2, -0.15) is 0 Å². The van der Waals surface area contributed by atoms with Gasteiger partial charge >= 0.3 is 0 Å². The first-order chi connectivity index (χ1) is 23.8. The number of hydrogen-bond acceptors (Lipinski definition) is 5. The highest BCUT2D eigenvalue weighted by molar-refractivity contribution is 6.14. The number of para-hydroxylation sites is 1. The zero-order valence-electron chi connectivity index (χ0n) is 25.8. The fraction of sp³-hybridized carbons (Fsp3) is 0. The minimum absolute atomic E-state index is 0.684. The molecule has 0 aliphatic carbocycles. The molecule has 0 spiro atoms. The number of hydrogen-bond donors (Lipinski definition) is 0. The summed E-state index contributed by atoms with van der Waals surface area (Å²) >= 11 is 0. The van der Waals surface area contributed by atoms with Gasteiger partial charge in [-0.05, 0) is 42.0 Å². The van der Waals surface area contributed by atoms with Crippen LogP contribution in [0.1, 0.15) is 0 Å². The van der Waals surface area contributed by atoms with Crippen molar-refractivity contribution in [1.82, 2.24) is 24.9 Å². The summed E-state index contributed by atoms with van der Waals surface area (Å²) in [7, 11) is 0. The van der Waals surface area contributed by atoms with Crippen LogP contribution in [0.5, 0.6) is 0 Å². The molecule has 5 nitrogen and oxygen atoms in total. The van der Waals surface area contributed by atoms with E-state index in [-0.39, 0.29) is 0 Å². The quantitative estimate of drug-likeness (QED) is 0.181. The second kappa shape index (κ2) is 11.6. The van der Waals surface area contributed by atoms with E-state index in [0.717, 1.165) is 83.3 Å². The Labute approximate surface area is 277 Å². The molecule has 48 heavy (non-hydrogen) atoms. The van der Waals surface area contributed by atoms with Crippen LogP contribution in [0.3, 0.4) is 0 Å². The van der Waals surface area contributed by atoms with Crippen LogP contribution in [0.2, 0.25) is 0 Å². The molecule has 0 radical (unpaired) electrons. The monoisotopic (exact) mass is 613 g/mol. The number of aromatic nitrogens is 5. The van der Waals surface area contributed by atoms with Crippen molar-refractivity contribution in [2.24, 2.45) is 0 Å². The van der Waals surface area contributed by atoms with Crippen molar-refractivity contribution >= 4 is 32.7 Å². The van der Waals surface area contributed by atoms with Crippen molar-refractivity contribution in [3.05, 3.63) is 164 Å². The lowest BCUT2D eigenvalue weighted by Gasteiger charge is -2.16. The van der Waals surface area contributed by atoms with E-state index in [1.807, 2.05) is 78.9 Å². The zero-order chi connectivity index (χ0) is 31.9. The lowest BCUT2D eigenvalue weighted by Crippen LogP contribution is -1.98. The maximum atomic E-state index is 5.26. The Bertz CT molecular complexity index is 2590. The van der Waals surface area contributed by atoms with Crippen LogP contribution in [0.4, 0.5) is 0 Å². The molecule has 0 bridgehead atoms. The number of rotatable bonds is 5. The Balaban J connectivity index is 1.35. The Morgan fingerprint density at radius 2 is 1.04 bits per heavy atom.